The molecule has 0 unspecified atom stereocenters. The van der Waals surface area contributed by atoms with Crippen molar-refractivity contribution in [2.24, 2.45) is 0 Å². The normalized spacial score (nSPS) is 11.4. The van der Waals surface area contributed by atoms with Crippen LogP contribution < -0.4 is 26.5 Å². The fourth-order valence-corrected chi connectivity index (χ4v) is 8.34. The van der Waals surface area contributed by atoms with E-state index in [-0.39, 0.29) is 11.6 Å². The van der Waals surface area contributed by atoms with E-state index in [4.69, 9.17) is 0 Å². The lowest BCUT2D eigenvalue weighted by molar-refractivity contribution is -0.113. The molecule has 0 heterocycles. The monoisotopic (exact) mass is 527 g/mol. The SMILES string of the molecule is O=C(Nc1ccccc1)C(=C[P+](c1ccccc1)(c1ccccc1)c1ccccc1)NC(=O)c1ccccc1. The van der Waals surface area contributed by atoms with Crippen molar-refractivity contribution in [1.82, 2.24) is 5.32 Å². The molecule has 190 valence electrons. The van der Waals surface area contributed by atoms with Crippen molar-refractivity contribution < 1.29 is 9.59 Å². The van der Waals surface area contributed by atoms with Crippen LogP contribution in [0.25, 0.3) is 0 Å². The summed E-state index contributed by atoms with van der Waals surface area (Å²) in [6.07, 6.45) is 0. The third-order valence-electron chi connectivity index (χ3n) is 6.37. The molecule has 0 aliphatic carbocycles. The molecule has 0 saturated heterocycles. The van der Waals surface area contributed by atoms with Crippen LogP contribution in [0.1, 0.15) is 10.4 Å². The molecule has 0 aliphatic rings. The molecule has 0 bridgehead atoms. The predicted octanol–water partition coefficient (Wildman–Crippen LogP) is 5.89. The van der Waals surface area contributed by atoms with Crippen molar-refractivity contribution >= 4 is 40.7 Å². The van der Waals surface area contributed by atoms with Crippen LogP contribution >= 0.6 is 7.26 Å². The number of amides is 2. The largest absolute Gasteiger partial charge is 0.321 e. The third-order valence-corrected chi connectivity index (χ3v) is 10.4. The first-order valence-corrected chi connectivity index (χ1v) is 14.5. The molecule has 5 heteroatoms. The Morgan fingerprint density at radius 3 is 1.33 bits per heavy atom. The Bertz CT molecular complexity index is 1460. The number of benzene rings is 5. The summed E-state index contributed by atoms with van der Waals surface area (Å²) in [7, 11) is -2.55. The number of hydrogen-bond acceptors (Lipinski definition) is 2. The highest BCUT2D eigenvalue weighted by atomic mass is 31.2. The Morgan fingerprint density at radius 1 is 0.513 bits per heavy atom. The summed E-state index contributed by atoms with van der Waals surface area (Å²) >= 11 is 0. The molecule has 2 N–H and O–H groups in total. The maximum atomic E-state index is 13.9. The highest BCUT2D eigenvalue weighted by molar-refractivity contribution is 7.98. The lowest BCUT2D eigenvalue weighted by Gasteiger charge is -2.25. The van der Waals surface area contributed by atoms with Crippen LogP contribution in [-0.4, -0.2) is 11.8 Å². The zero-order valence-corrected chi connectivity index (χ0v) is 22.2. The van der Waals surface area contributed by atoms with E-state index in [0.29, 0.717) is 11.3 Å². The van der Waals surface area contributed by atoms with Gasteiger partial charge in [0.05, 0.1) is 0 Å². The standard InChI is InChI=1S/C34H27N2O2P/c37-33(27-16-6-1-7-17-27)36-32(34(38)35-28-18-8-2-9-19-28)26-39(29-20-10-3-11-21-29,30-22-12-4-13-23-30)31-24-14-5-15-25-31/h1-26H,(H-,35,36,37,38)/p+1. The predicted molar refractivity (Wildman–Crippen MR) is 162 cm³/mol. The molecule has 0 radical (unpaired) electrons. The minimum atomic E-state index is -2.55. The maximum Gasteiger partial charge on any atom is 0.275 e. The molecule has 0 spiro atoms. The van der Waals surface area contributed by atoms with Gasteiger partial charge in [-0.2, -0.15) is 0 Å². The van der Waals surface area contributed by atoms with Gasteiger partial charge >= 0.3 is 0 Å². The highest BCUT2D eigenvalue weighted by Crippen LogP contribution is 2.57. The van der Waals surface area contributed by atoms with Gasteiger partial charge in [0, 0.05) is 11.3 Å². The zero-order chi connectivity index (χ0) is 26.9. The maximum absolute atomic E-state index is 13.9. The molecule has 39 heavy (non-hydrogen) atoms. The number of hydrogen-bond donors (Lipinski definition) is 2. The molecule has 4 nitrogen and oxygen atoms in total. The van der Waals surface area contributed by atoms with Crippen molar-refractivity contribution in [2.75, 3.05) is 5.32 Å². The van der Waals surface area contributed by atoms with Gasteiger partial charge in [0.1, 0.15) is 34.7 Å². The number of carbonyl (C=O) groups excluding carboxylic acids is 2. The Kier molecular flexibility index (Phi) is 8.06. The second-order valence-electron chi connectivity index (χ2n) is 8.91. The number of nitrogens with one attached hydrogen (secondary N) is 2. The molecule has 5 rings (SSSR count). The number of carbonyl (C=O) groups is 2. The Hall–Kier alpha value is -4.79. The topological polar surface area (TPSA) is 58.2 Å². The molecule has 0 atom stereocenters. The van der Waals surface area contributed by atoms with Gasteiger partial charge in [-0.15, -0.1) is 0 Å². The Labute approximate surface area is 229 Å². The fourth-order valence-electron chi connectivity index (χ4n) is 4.51. The number of para-hydroxylation sites is 1. The van der Waals surface area contributed by atoms with Crippen LogP contribution in [0.4, 0.5) is 5.69 Å². The second-order valence-corrected chi connectivity index (χ2v) is 12.2. The summed E-state index contributed by atoms with van der Waals surface area (Å²) in [6, 6.07) is 48.7. The lowest BCUT2D eigenvalue weighted by atomic mass is 10.2. The van der Waals surface area contributed by atoms with Crippen LogP contribution in [0, 0.1) is 0 Å². The van der Waals surface area contributed by atoms with Crippen LogP contribution in [0.3, 0.4) is 0 Å². The van der Waals surface area contributed by atoms with Gasteiger partial charge in [-0.25, -0.2) is 0 Å². The first-order valence-electron chi connectivity index (χ1n) is 12.7. The minimum absolute atomic E-state index is 0.192. The number of rotatable bonds is 8. The van der Waals surface area contributed by atoms with E-state index in [2.05, 4.69) is 47.0 Å². The summed E-state index contributed by atoms with van der Waals surface area (Å²) in [5.41, 5.74) is 1.31. The first-order chi connectivity index (χ1) is 19.2. The van der Waals surface area contributed by atoms with Gasteiger partial charge in [0.25, 0.3) is 11.8 Å². The smallest absolute Gasteiger partial charge is 0.275 e. The summed E-state index contributed by atoms with van der Waals surface area (Å²) in [6.45, 7) is 0. The van der Waals surface area contributed by atoms with Crippen LogP contribution in [-0.2, 0) is 4.79 Å². The third kappa shape index (κ3) is 5.87. The lowest BCUT2D eigenvalue weighted by Crippen LogP contribution is -2.35. The van der Waals surface area contributed by atoms with Gasteiger partial charge in [0.2, 0.25) is 0 Å². The Morgan fingerprint density at radius 2 is 0.897 bits per heavy atom. The quantitative estimate of drug-likeness (QED) is 0.195. The average Bonchev–Trinajstić information content (AvgIpc) is 3.01. The summed E-state index contributed by atoms with van der Waals surface area (Å²) in [5, 5.41) is 9.14. The van der Waals surface area contributed by atoms with Gasteiger partial charge in [-0.05, 0) is 60.7 Å². The molecule has 5 aromatic rings. The molecule has 0 aromatic heterocycles. The molecule has 0 saturated carbocycles. The summed E-state index contributed by atoms with van der Waals surface area (Å²) < 4.78 is 0. The fraction of sp³-hybridized carbons (Fsp3) is 0. The van der Waals surface area contributed by atoms with E-state index in [1.807, 2.05) is 96.8 Å². The summed E-state index contributed by atoms with van der Waals surface area (Å²) in [5.74, 6) is 1.24. The molecule has 2 amide bonds. The van der Waals surface area contributed by atoms with E-state index < -0.39 is 13.2 Å². The van der Waals surface area contributed by atoms with Crippen molar-refractivity contribution in [3.05, 3.63) is 169 Å². The van der Waals surface area contributed by atoms with Gasteiger partial charge < -0.3 is 10.6 Å². The zero-order valence-electron chi connectivity index (χ0n) is 21.3. The van der Waals surface area contributed by atoms with Crippen LogP contribution in [0.15, 0.2) is 163 Å². The van der Waals surface area contributed by atoms with E-state index in [0.717, 1.165) is 15.9 Å². The minimum Gasteiger partial charge on any atom is -0.321 e. The average molecular weight is 528 g/mol. The van der Waals surface area contributed by atoms with Crippen LogP contribution in [0.2, 0.25) is 0 Å². The Balaban J connectivity index is 1.73. The highest BCUT2D eigenvalue weighted by Gasteiger charge is 2.45. The van der Waals surface area contributed by atoms with Gasteiger partial charge in [0.15, 0.2) is 0 Å². The van der Waals surface area contributed by atoms with E-state index in [9.17, 15) is 9.59 Å². The molecule has 0 aliphatic heterocycles. The van der Waals surface area contributed by atoms with Crippen molar-refractivity contribution in [1.29, 1.82) is 0 Å². The van der Waals surface area contributed by atoms with Crippen molar-refractivity contribution in [3.8, 4) is 0 Å². The molecular formula is C34H28N2O2P+. The number of anilines is 1. The van der Waals surface area contributed by atoms with E-state index in [1.165, 1.54) is 0 Å². The van der Waals surface area contributed by atoms with E-state index in [1.54, 1.807) is 24.3 Å². The summed E-state index contributed by atoms with van der Waals surface area (Å²) in [4.78, 5) is 27.3. The van der Waals surface area contributed by atoms with Gasteiger partial charge in [-0.1, -0.05) is 91.0 Å². The second kappa shape index (κ2) is 12.2. The van der Waals surface area contributed by atoms with Crippen molar-refractivity contribution in [3.63, 3.8) is 0 Å². The molecule has 0 fully saturated rings. The molecule has 5 aromatic carbocycles. The van der Waals surface area contributed by atoms with Gasteiger partial charge in [-0.3, -0.25) is 9.59 Å². The van der Waals surface area contributed by atoms with Crippen LogP contribution in [0.5, 0.6) is 0 Å². The first kappa shape index (κ1) is 25.8. The van der Waals surface area contributed by atoms with E-state index >= 15 is 0 Å². The molecular weight excluding hydrogens is 499 g/mol. The van der Waals surface area contributed by atoms with Crippen molar-refractivity contribution in [2.45, 2.75) is 0 Å².